The molecule has 0 radical (unpaired) electrons. The molecular formula is C25H24N2O4S. The molecule has 0 saturated heterocycles. The van der Waals surface area contributed by atoms with Gasteiger partial charge in [0, 0.05) is 17.7 Å². The number of fused-ring (bicyclic) bond motifs is 1. The van der Waals surface area contributed by atoms with Gasteiger partial charge in [-0.3, -0.25) is 4.79 Å². The Morgan fingerprint density at radius 3 is 2.62 bits per heavy atom. The number of Topliss-reactive ketones (excluding diaryl/α,β-unsaturated/α-hetero) is 1. The molecule has 0 unspecified atom stereocenters. The molecule has 0 spiro atoms. The summed E-state index contributed by atoms with van der Waals surface area (Å²) in [6, 6.07) is 15.2. The molecular weight excluding hydrogens is 424 g/mol. The molecule has 0 amide bonds. The van der Waals surface area contributed by atoms with E-state index in [0.29, 0.717) is 41.1 Å². The molecule has 0 saturated carbocycles. The van der Waals surface area contributed by atoms with Crippen molar-refractivity contribution < 1.29 is 17.6 Å². The highest BCUT2D eigenvalue weighted by molar-refractivity contribution is 7.93. The summed E-state index contributed by atoms with van der Waals surface area (Å²) in [6.45, 7) is 3.65. The van der Waals surface area contributed by atoms with Gasteiger partial charge in [0.1, 0.15) is 11.8 Å². The molecule has 2 aromatic carbocycles. The maximum absolute atomic E-state index is 14.3. The summed E-state index contributed by atoms with van der Waals surface area (Å²) in [5, 5.41) is 3.37. The Hall–Kier alpha value is -3.32. The number of allylic oxidation sites excluding steroid dienone is 1. The molecule has 7 heteroatoms. The molecule has 6 nitrogen and oxygen atoms in total. The maximum atomic E-state index is 14.3. The second-order valence-electron chi connectivity index (χ2n) is 8.30. The van der Waals surface area contributed by atoms with Crippen molar-refractivity contribution in [3.63, 3.8) is 0 Å². The number of anilines is 2. The van der Waals surface area contributed by atoms with Crippen LogP contribution in [-0.4, -0.2) is 14.2 Å². The Kier molecular flexibility index (Phi) is 4.93. The van der Waals surface area contributed by atoms with Gasteiger partial charge in [-0.1, -0.05) is 24.3 Å². The lowest BCUT2D eigenvalue weighted by Gasteiger charge is -2.33. The number of carbonyl (C=O) groups is 1. The fraction of sp³-hybridized carbons (Fsp3) is 0.240. The average molecular weight is 449 g/mol. The Morgan fingerprint density at radius 1 is 1.03 bits per heavy atom. The second kappa shape index (κ2) is 7.67. The van der Waals surface area contributed by atoms with Gasteiger partial charge in [-0.25, -0.2) is 12.7 Å². The number of para-hydroxylation sites is 2. The maximum Gasteiger partial charge on any atom is 0.265 e. The summed E-state index contributed by atoms with van der Waals surface area (Å²) >= 11 is 0. The van der Waals surface area contributed by atoms with Crippen LogP contribution < -0.4 is 9.62 Å². The van der Waals surface area contributed by atoms with Crippen LogP contribution >= 0.6 is 0 Å². The summed E-state index contributed by atoms with van der Waals surface area (Å²) in [7, 11) is -4.05. The number of hydrogen-bond acceptors (Lipinski definition) is 5. The fourth-order valence-corrected chi connectivity index (χ4v) is 6.49. The third-order valence-corrected chi connectivity index (χ3v) is 8.01. The lowest BCUT2D eigenvalue weighted by molar-refractivity contribution is -0.116. The van der Waals surface area contributed by atoms with Crippen LogP contribution in [-0.2, 0) is 14.8 Å². The van der Waals surface area contributed by atoms with Crippen LogP contribution in [0, 0.1) is 13.8 Å². The van der Waals surface area contributed by atoms with Gasteiger partial charge in [-0.15, -0.1) is 0 Å². The van der Waals surface area contributed by atoms with Crippen LogP contribution in [0.4, 0.5) is 11.4 Å². The van der Waals surface area contributed by atoms with Crippen LogP contribution in [0.2, 0.25) is 0 Å². The smallest absolute Gasteiger partial charge is 0.265 e. The Morgan fingerprint density at radius 2 is 1.84 bits per heavy atom. The van der Waals surface area contributed by atoms with Crippen molar-refractivity contribution in [2.45, 2.75) is 44.0 Å². The molecule has 3 aromatic rings. The lowest BCUT2D eigenvalue weighted by atomic mass is 9.89. The number of hydrogen-bond donors (Lipinski definition) is 1. The van der Waals surface area contributed by atoms with E-state index in [1.807, 2.05) is 31.2 Å². The van der Waals surface area contributed by atoms with Gasteiger partial charge < -0.3 is 9.73 Å². The van der Waals surface area contributed by atoms with Crippen molar-refractivity contribution in [1.82, 2.24) is 0 Å². The number of ketones is 1. The number of rotatable bonds is 3. The van der Waals surface area contributed by atoms with E-state index >= 15 is 0 Å². The largest absolute Gasteiger partial charge is 0.467 e. The Labute approximate surface area is 187 Å². The topological polar surface area (TPSA) is 79.6 Å². The summed E-state index contributed by atoms with van der Waals surface area (Å²) in [5.74, 6) is 0.356. The van der Waals surface area contributed by atoms with Crippen LogP contribution in [0.3, 0.4) is 0 Å². The minimum absolute atomic E-state index is 0.0610. The molecule has 1 atom stereocenters. The first-order chi connectivity index (χ1) is 15.4. The van der Waals surface area contributed by atoms with Crippen molar-refractivity contribution in [3.8, 4) is 0 Å². The van der Waals surface area contributed by atoms with Crippen molar-refractivity contribution in [2.24, 2.45) is 0 Å². The quantitative estimate of drug-likeness (QED) is 0.591. The van der Waals surface area contributed by atoms with Gasteiger partial charge >= 0.3 is 0 Å². The molecule has 1 aliphatic carbocycles. The van der Waals surface area contributed by atoms with E-state index in [4.69, 9.17) is 4.42 Å². The first-order valence-corrected chi connectivity index (χ1v) is 12.1. The molecule has 2 aliphatic rings. The number of carbonyl (C=O) groups excluding carboxylic acids is 1. The number of nitrogens with zero attached hydrogens (tertiary/aromatic N) is 1. The highest BCUT2D eigenvalue weighted by Crippen LogP contribution is 2.47. The average Bonchev–Trinajstić information content (AvgIpc) is 3.24. The second-order valence-corrected chi connectivity index (χ2v) is 10.1. The van der Waals surface area contributed by atoms with Gasteiger partial charge in [-0.2, -0.15) is 0 Å². The van der Waals surface area contributed by atoms with E-state index in [0.717, 1.165) is 17.7 Å². The number of furan rings is 1. The fourth-order valence-electron chi connectivity index (χ4n) is 4.57. The lowest BCUT2D eigenvalue weighted by Crippen LogP contribution is -2.38. The van der Waals surface area contributed by atoms with Gasteiger partial charge in [0.25, 0.3) is 10.0 Å². The third kappa shape index (κ3) is 3.24. The van der Waals surface area contributed by atoms with Crippen molar-refractivity contribution in [2.75, 3.05) is 9.62 Å². The molecule has 5 rings (SSSR count). The van der Waals surface area contributed by atoms with E-state index < -0.39 is 16.1 Å². The monoisotopic (exact) mass is 448 g/mol. The third-order valence-electron chi connectivity index (χ3n) is 6.08. The minimum atomic E-state index is -4.05. The predicted octanol–water partition coefficient (Wildman–Crippen LogP) is 5.27. The van der Waals surface area contributed by atoms with Gasteiger partial charge in [0.05, 0.1) is 22.5 Å². The zero-order valence-electron chi connectivity index (χ0n) is 18.0. The number of aryl methyl sites for hydroxylation is 2. The van der Waals surface area contributed by atoms with E-state index in [1.54, 1.807) is 37.3 Å². The van der Waals surface area contributed by atoms with Gasteiger partial charge in [-0.05, 0) is 68.1 Å². The number of benzene rings is 2. The van der Waals surface area contributed by atoms with E-state index in [-0.39, 0.29) is 10.7 Å². The zero-order chi connectivity index (χ0) is 22.5. The highest BCUT2D eigenvalue weighted by atomic mass is 32.2. The summed E-state index contributed by atoms with van der Waals surface area (Å²) in [5.41, 5.74) is 3.84. The van der Waals surface area contributed by atoms with Crippen molar-refractivity contribution >= 4 is 27.2 Å². The van der Waals surface area contributed by atoms with Gasteiger partial charge in [0.15, 0.2) is 5.78 Å². The molecule has 0 bridgehead atoms. The highest BCUT2D eigenvalue weighted by Gasteiger charge is 2.44. The molecule has 32 heavy (non-hydrogen) atoms. The summed E-state index contributed by atoms with van der Waals surface area (Å²) < 4.78 is 35.7. The summed E-state index contributed by atoms with van der Waals surface area (Å²) in [6.07, 6.45) is 3.28. The number of sulfonamides is 1. The normalized spacial score (nSPS) is 18.6. The van der Waals surface area contributed by atoms with Crippen LogP contribution in [0.25, 0.3) is 0 Å². The van der Waals surface area contributed by atoms with E-state index in [1.165, 1.54) is 10.6 Å². The minimum Gasteiger partial charge on any atom is -0.467 e. The SMILES string of the molecule is Cc1ccc(C)c(S(=O)(=O)N2c3ccccc3NC3=C(C(=O)CCC3)[C@H]2c2ccco2)c1. The Balaban J connectivity index is 1.85. The number of nitrogens with one attached hydrogen (secondary N) is 1. The standard InChI is InChI=1S/C25H24N2O4S/c1-16-12-13-17(2)23(15-16)32(29,30)27-20-9-4-3-7-18(20)26-19-8-5-10-21(28)24(19)25(27)22-11-6-14-31-22/h3-4,6-7,9,11-15,25-26H,5,8,10H2,1-2H3/t25-/m1/s1. The first-order valence-electron chi connectivity index (χ1n) is 10.7. The molecule has 2 heterocycles. The van der Waals surface area contributed by atoms with Crippen molar-refractivity contribution in [3.05, 3.63) is 89.0 Å². The summed E-state index contributed by atoms with van der Waals surface area (Å²) in [4.78, 5) is 13.4. The predicted molar refractivity (Wildman–Crippen MR) is 123 cm³/mol. The van der Waals surface area contributed by atoms with Crippen molar-refractivity contribution in [1.29, 1.82) is 0 Å². The van der Waals surface area contributed by atoms with E-state index in [9.17, 15) is 13.2 Å². The molecule has 1 aliphatic heterocycles. The van der Waals surface area contributed by atoms with Gasteiger partial charge in [0.2, 0.25) is 0 Å². The molecule has 164 valence electrons. The molecule has 0 fully saturated rings. The molecule has 1 aromatic heterocycles. The first kappa shape index (κ1) is 20.6. The van der Waals surface area contributed by atoms with E-state index in [2.05, 4.69) is 5.32 Å². The molecule has 1 N–H and O–H groups in total. The van der Waals surface area contributed by atoms with Crippen LogP contribution in [0.5, 0.6) is 0 Å². The Bertz CT molecular complexity index is 1340. The zero-order valence-corrected chi connectivity index (χ0v) is 18.8. The van der Waals surface area contributed by atoms with Crippen LogP contribution in [0.15, 0.2) is 81.4 Å². The van der Waals surface area contributed by atoms with Crippen LogP contribution in [0.1, 0.15) is 42.2 Å².